The number of benzene rings is 1. The number of aryl methyl sites for hydroxylation is 2. The second kappa shape index (κ2) is 6.81. The molecule has 0 aliphatic carbocycles. The Labute approximate surface area is 128 Å². The normalized spacial score (nSPS) is 11.1. The summed E-state index contributed by atoms with van der Waals surface area (Å²) in [6, 6.07) is 11.2. The Kier molecular flexibility index (Phi) is 5.07. The first-order chi connectivity index (χ1) is 9.95. The van der Waals surface area contributed by atoms with Crippen LogP contribution in [0.1, 0.15) is 36.5 Å². The van der Waals surface area contributed by atoms with Crippen molar-refractivity contribution in [3.8, 4) is 0 Å². The molecule has 1 aromatic heterocycles. The summed E-state index contributed by atoms with van der Waals surface area (Å²) >= 11 is 0. The van der Waals surface area contributed by atoms with E-state index in [1.54, 1.807) is 0 Å². The molecule has 0 spiro atoms. The molecular weight excluding hydrogens is 260 g/mol. The van der Waals surface area contributed by atoms with E-state index in [4.69, 9.17) is 4.42 Å². The second-order valence-electron chi connectivity index (χ2n) is 6.02. The van der Waals surface area contributed by atoms with Crippen molar-refractivity contribution in [3.63, 3.8) is 0 Å². The minimum absolute atomic E-state index is 0.467. The van der Waals surface area contributed by atoms with E-state index in [1.165, 1.54) is 16.8 Å². The maximum absolute atomic E-state index is 5.84. The lowest BCUT2D eigenvalue weighted by molar-refractivity contribution is 0.446. The molecule has 3 nitrogen and oxygen atoms in total. The van der Waals surface area contributed by atoms with E-state index in [9.17, 15) is 0 Å². The van der Waals surface area contributed by atoms with Gasteiger partial charge in [-0.2, -0.15) is 0 Å². The van der Waals surface area contributed by atoms with Gasteiger partial charge < -0.3 is 14.6 Å². The van der Waals surface area contributed by atoms with Crippen LogP contribution in [0.4, 0.5) is 5.69 Å². The fourth-order valence-corrected chi connectivity index (χ4v) is 2.35. The van der Waals surface area contributed by atoms with E-state index in [1.807, 2.05) is 6.92 Å². The largest absolute Gasteiger partial charge is 0.465 e. The summed E-state index contributed by atoms with van der Waals surface area (Å²) in [4.78, 5) is 2.25. The van der Waals surface area contributed by atoms with Crippen molar-refractivity contribution in [1.82, 2.24) is 5.32 Å². The maximum atomic E-state index is 5.84. The Bertz CT molecular complexity index is 587. The first kappa shape index (κ1) is 15.6. The number of rotatable bonds is 6. The highest BCUT2D eigenvalue weighted by Gasteiger charge is 2.10. The second-order valence-corrected chi connectivity index (χ2v) is 6.02. The maximum Gasteiger partial charge on any atom is 0.118 e. The molecule has 1 heterocycles. The first-order valence-corrected chi connectivity index (χ1v) is 7.55. The van der Waals surface area contributed by atoms with E-state index < -0.39 is 0 Å². The zero-order valence-corrected chi connectivity index (χ0v) is 13.7. The molecule has 1 aromatic carbocycles. The molecule has 0 saturated carbocycles. The van der Waals surface area contributed by atoms with Crippen LogP contribution in [0.5, 0.6) is 0 Å². The Balaban J connectivity index is 2.05. The number of furan rings is 1. The topological polar surface area (TPSA) is 28.4 Å². The molecule has 3 heteroatoms. The van der Waals surface area contributed by atoms with Gasteiger partial charge in [-0.25, -0.2) is 0 Å². The summed E-state index contributed by atoms with van der Waals surface area (Å²) in [5.74, 6) is 2.02. The average molecular weight is 286 g/mol. The van der Waals surface area contributed by atoms with Crippen LogP contribution in [0, 0.1) is 13.8 Å². The summed E-state index contributed by atoms with van der Waals surface area (Å²) in [6.07, 6.45) is 0. The van der Waals surface area contributed by atoms with E-state index in [0.717, 1.165) is 24.6 Å². The SMILES string of the molecule is Cc1cccc(N(C)Cc2cc(CNC(C)C)oc2C)c1. The van der Waals surface area contributed by atoms with Gasteiger partial charge in [0.05, 0.1) is 6.54 Å². The van der Waals surface area contributed by atoms with Crippen molar-refractivity contribution in [2.45, 2.75) is 46.8 Å². The Morgan fingerprint density at radius 3 is 2.62 bits per heavy atom. The third-order valence-corrected chi connectivity index (χ3v) is 3.61. The molecule has 0 radical (unpaired) electrons. The lowest BCUT2D eigenvalue weighted by Gasteiger charge is -2.19. The fraction of sp³-hybridized carbons (Fsp3) is 0.444. The smallest absolute Gasteiger partial charge is 0.118 e. The summed E-state index contributed by atoms with van der Waals surface area (Å²) < 4.78 is 5.84. The third-order valence-electron chi connectivity index (χ3n) is 3.61. The van der Waals surface area contributed by atoms with Crippen molar-refractivity contribution >= 4 is 5.69 Å². The molecular formula is C18H26N2O. The highest BCUT2D eigenvalue weighted by molar-refractivity contribution is 5.48. The molecule has 0 saturated heterocycles. The van der Waals surface area contributed by atoms with Gasteiger partial charge in [-0.15, -0.1) is 0 Å². The monoisotopic (exact) mass is 286 g/mol. The van der Waals surface area contributed by atoms with Gasteiger partial charge in [0.25, 0.3) is 0 Å². The van der Waals surface area contributed by atoms with Crippen LogP contribution in [0.15, 0.2) is 34.7 Å². The molecule has 21 heavy (non-hydrogen) atoms. The summed E-state index contributed by atoms with van der Waals surface area (Å²) in [5.41, 5.74) is 3.77. The van der Waals surface area contributed by atoms with Gasteiger partial charge >= 0.3 is 0 Å². The summed E-state index contributed by atoms with van der Waals surface area (Å²) in [6.45, 7) is 10.1. The standard InChI is InChI=1S/C18H26N2O/c1-13(2)19-11-18-10-16(15(4)21-18)12-20(5)17-8-6-7-14(3)9-17/h6-10,13,19H,11-12H2,1-5H3. The summed E-state index contributed by atoms with van der Waals surface area (Å²) in [7, 11) is 2.12. The van der Waals surface area contributed by atoms with Crippen LogP contribution in [-0.2, 0) is 13.1 Å². The van der Waals surface area contributed by atoms with Crippen LogP contribution in [0.2, 0.25) is 0 Å². The van der Waals surface area contributed by atoms with Gasteiger partial charge in [0.1, 0.15) is 11.5 Å². The Morgan fingerprint density at radius 1 is 1.19 bits per heavy atom. The van der Waals surface area contributed by atoms with Gasteiger partial charge in [0.2, 0.25) is 0 Å². The molecule has 2 rings (SSSR count). The predicted octanol–water partition coefficient (Wildman–Crippen LogP) is 4.03. The van der Waals surface area contributed by atoms with E-state index in [2.05, 4.69) is 68.4 Å². The van der Waals surface area contributed by atoms with Crippen LogP contribution < -0.4 is 10.2 Å². The van der Waals surface area contributed by atoms with Crippen LogP contribution in [-0.4, -0.2) is 13.1 Å². The fourth-order valence-electron chi connectivity index (χ4n) is 2.35. The Hall–Kier alpha value is -1.74. The number of nitrogens with zero attached hydrogens (tertiary/aromatic N) is 1. The molecule has 0 aliphatic rings. The number of hydrogen-bond acceptors (Lipinski definition) is 3. The molecule has 0 atom stereocenters. The lowest BCUT2D eigenvalue weighted by atomic mass is 10.2. The number of anilines is 1. The molecule has 0 aliphatic heterocycles. The molecule has 0 unspecified atom stereocenters. The predicted molar refractivity (Wildman–Crippen MR) is 88.7 cm³/mol. The van der Waals surface area contributed by atoms with E-state index in [0.29, 0.717) is 6.04 Å². The van der Waals surface area contributed by atoms with Gasteiger partial charge in [0.15, 0.2) is 0 Å². The highest BCUT2D eigenvalue weighted by atomic mass is 16.3. The van der Waals surface area contributed by atoms with Crippen molar-refractivity contribution in [1.29, 1.82) is 0 Å². The minimum atomic E-state index is 0.467. The number of nitrogens with one attached hydrogen (secondary N) is 1. The Morgan fingerprint density at radius 2 is 1.95 bits per heavy atom. The van der Waals surface area contributed by atoms with Crippen LogP contribution >= 0.6 is 0 Å². The van der Waals surface area contributed by atoms with Crippen molar-refractivity contribution < 1.29 is 4.42 Å². The van der Waals surface area contributed by atoms with Gasteiger partial charge in [0, 0.05) is 30.9 Å². The quantitative estimate of drug-likeness (QED) is 0.869. The number of hydrogen-bond donors (Lipinski definition) is 1. The van der Waals surface area contributed by atoms with Crippen LogP contribution in [0.25, 0.3) is 0 Å². The molecule has 1 N–H and O–H groups in total. The molecule has 0 bridgehead atoms. The molecule has 114 valence electrons. The van der Waals surface area contributed by atoms with Crippen molar-refractivity contribution in [3.05, 3.63) is 53.0 Å². The van der Waals surface area contributed by atoms with Gasteiger partial charge in [-0.05, 0) is 37.6 Å². The molecule has 0 amide bonds. The highest BCUT2D eigenvalue weighted by Crippen LogP contribution is 2.21. The lowest BCUT2D eigenvalue weighted by Crippen LogP contribution is -2.21. The first-order valence-electron chi connectivity index (χ1n) is 7.55. The summed E-state index contributed by atoms with van der Waals surface area (Å²) in [5, 5.41) is 3.39. The van der Waals surface area contributed by atoms with Crippen LogP contribution in [0.3, 0.4) is 0 Å². The van der Waals surface area contributed by atoms with E-state index in [-0.39, 0.29) is 0 Å². The molecule has 2 aromatic rings. The van der Waals surface area contributed by atoms with Gasteiger partial charge in [-0.3, -0.25) is 0 Å². The zero-order valence-electron chi connectivity index (χ0n) is 13.7. The zero-order chi connectivity index (χ0) is 15.4. The average Bonchev–Trinajstić information content (AvgIpc) is 2.77. The van der Waals surface area contributed by atoms with Crippen molar-refractivity contribution in [2.24, 2.45) is 0 Å². The minimum Gasteiger partial charge on any atom is -0.465 e. The van der Waals surface area contributed by atoms with Gasteiger partial charge in [-0.1, -0.05) is 26.0 Å². The van der Waals surface area contributed by atoms with E-state index >= 15 is 0 Å². The van der Waals surface area contributed by atoms with Crippen molar-refractivity contribution in [2.75, 3.05) is 11.9 Å². The third kappa shape index (κ3) is 4.36. The molecule has 0 fully saturated rings.